The van der Waals surface area contributed by atoms with Crippen LogP contribution >= 0.6 is 15.9 Å². The molecule has 0 bridgehead atoms. The Morgan fingerprint density at radius 1 is 0.893 bits per heavy atom. The summed E-state index contributed by atoms with van der Waals surface area (Å²) in [5, 5.41) is 0.930. The quantitative estimate of drug-likeness (QED) is 0.381. The molecule has 0 unspecified atom stereocenters. The van der Waals surface area contributed by atoms with Gasteiger partial charge in [-0.3, -0.25) is 14.1 Å². The lowest BCUT2D eigenvalue weighted by Crippen LogP contribution is -2.20. The number of benzene rings is 2. The summed E-state index contributed by atoms with van der Waals surface area (Å²) < 4.78 is 4.19. The average molecular weight is 431 g/mol. The maximum absolute atomic E-state index is 13.0. The molecule has 0 N–H and O–H groups in total. The normalized spacial score (nSPS) is 11.4. The Bertz CT molecular complexity index is 1390. The molecule has 0 spiro atoms. The van der Waals surface area contributed by atoms with Crippen LogP contribution in [0.2, 0.25) is 0 Å². The predicted molar refractivity (Wildman–Crippen MR) is 115 cm³/mol. The standard InChI is InChI=1S/C22H15BrN4O/c1-26-19-13-24-18-9-7-14(15-8-10-20(23)25-12-15)11-17(18)21(19)27(22(26)28)16-5-3-2-4-6-16/h2-13H,1H3. The van der Waals surface area contributed by atoms with E-state index in [9.17, 15) is 4.79 Å². The first-order valence-electron chi connectivity index (χ1n) is 8.81. The van der Waals surface area contributed by atoms with Crippen molar-refractivity contribution in [3.8, 4) is 16.8 Å². The van der Waals surface area contributed by atoms with Crippen LogP contribution in [0.25, 0.3) is 38.8 Å². The van der Waals surface area contributed by atoms with Crippen LogP contribution in [0.15, 0.2) is 82.5 Å². The number of nitrogens with zero attached hydrogens (tertiary/aromatic N) is 4. The van der Waals surface area contributed by atoms with Crippen molar-refractivity contribution in [2.75, 3.05) is 0 Å². The minimum Gasteiger partial charge on any atom is -0.293 e. The van der Waals surface area contributed by atoms with E-state index < -0.39 is 0 Å². The summed E-state index contributed by atoms with van der Waals surface area (Å²) in [6.45, 7) is 0. The van der Waals surface area contributed by atoms with E-state index in [0.717, 1.165) is 43.4 Å². The zero-order chi connectivity index (χ0) is 19.3. The van der Waals surface area contributed by atoms with Crippen molar-refractivity contribution in [1.29, 1.82) is 0 Å². The van der Waals surface area contributed by atoms with E-state index in [-0.39, 0.29) is 5.69 Å². The van der Waals surface area contributed by atoms with Gasteiger partial charge in [0.1, 0.15) is 4.60 Å². The highest BCUT2D eigenvalue weighted by Crippen LogP contribution is 2.29. The molecule has 0 aliphatic heterocycles. The molecule has 3 aromatic heterocycles. The SMILES string of the molecule is Cn1c(=O)n(-c2ccccc2)c2c3cc(-c4ccc(Br)nc4)ccc3ncc21. The molecular weight excluding hydrogens is 416 g/mol. The zero-order valence-electron chi connectivity index (χ0n) is 15.0. The third kappa shape index (κ3) is 2.57. The molecular formula is C22H15BrN4O. The monoisotopic (exact) mass is 430 g/mol. The molecule has 0 amide bonds. The number of imidazole rings is 1. The number of hydrogen-bond donors (Lipinski definition) is 0. The second-order valence-electron chi connectivity index (χ2n) is 6.61. The first-order chi connectivity index (χ1) is 13.6. The van der Waals surface area contributed by atoms with Crippen LogP contribution in [-0.4, -0.2) is 19.1 Å². The predicted octanol–water partition coefficient (Wildman–Crippen LogP) is 4.70. The van der Waals surface area contributed by atoms with Crippen molar-refractivity contribution in [3.05, 3.63) is 88.1 Å². The summed E-state index contributed by atoms with van der Waals surface area (Å²) in [7, 11) is 1.78. The Morgan fingerprint density at radius 3 is 2.43 bits per heavy atom. The fraction of sp³-hybridized carbons (Fsp3) is 0.0455. The highest BCUT2D eigenvalue weighted by molar-refractivity contribution is 9.10. The molecule has 0 saturated heterocycles. The van der Waals surface area contributed by atoms with Gasteiger partial charge in [0.05, 0.1) is 28.4 Å². The van der Waals surface area contributed by atoms with Gasteiger partial charge in [-0.15, -0.1) is 0 Å². The lowest BCUT2D eigenvalue weighted by atomic mass is 10.0. The van der Waals surface area contributed by atoms with E-state index in [1.165, 1.54) is 0 Å². The molecule has 0 aliphatic carbocycles. The van der Waals surface area contributed by atoms with Gasteiger partial charge in [-0.2, -0.15) is 0 Å². The van der Waals surface area contributed by atoms with E-state index in [2.05, 4.69) is 32.0 Å². The van der Waals surface area contributed by atoms with Gasteiger partial charge in [0, 0.05) is 24.2 Å². The third-order valence-electron chi connectivity index (χ3n) is 4.96. The molecule has 0 atom stereocenters. The maximum atomic E-state index is 13.0. The molecule has 5 rings (SSSR count). The lowest BCUT2D eigenvalue weighted by Gasteiger charge is -2.08. The van der Waals surface area contributed by atoms with Gasteiger partial charge in [0.15, 0.2) is 0 Å². The van der Waals surface area contributed by atoms with Crippen LogP contribution in [0, 0.1) is 0 Å². The summed E-state index contributed by atoms with van der Waals surface area (Å²) in [6, 6.07) is 19.7. The van der Waals surface area contributed by atoms with Crippen molar-refractivity contribution < 1.29 is 0 Å². The zero-order valence-corrected chi connectivity index (χ0v) is 16.6. The van der Waals surface area contributed by atoms with Gasteiger partial charge in [-0.05, 0) is 51.8 Å². The first kappa shape index (κ1) is 16.9. The Balaban J connectivity index is 1.88. The average Bonchev–Trinajstić information content (AvgIpc) is 3.00. The number of aryl methyl sites for hydroxylation is 1. The van der Waals surface area contributed by atoms with E-state index >= 15 is 0 Å². The van der Waals surface area contributed by atoms with E-state index in [0.29, 0.717) is 0 Å². The number of pyridine rings is 2. The molecule has 5 nitrogen and oxygen atoms in total. The van der Waals surface area contributed by atoms with E-state index in [1.54, 1.807) is 22.4 Å². The first-order valence-corrected chi connectivity index (χ1v) is 9.60. The van der Waals surface area contributed by atoms with Crippen LogP contribution in [0.3, 0.4) is 0 Å². The van der Waals surface area contributed by atoms with Crippen LogP contribution in [-0.2, 0) is 7.05 Å². The van der Waals surface area contributed by atoms with Crippen molar-refractivity contribution >= 4 is 37.9 Å². The number of halogens is 1. The van der Waals surface area contributed by atoms with Crippen LogP contribution in [0.1, 0.15) is 0 Å². The summed E-state index contributed by atoms with van der Waals surface area (Å²) in [5.41, 5.74) is 5.27. The summed E-state index contributed by atoms with van der Waals surface area (Å²) in [6.07, 6.45) is 3.59. The second-order valence-corrected chi connectivity index (χ2v) is 7.42. The van der Waals surface area contributed by atoms with Crippen molar-refractivity contribution in [1.82, 2.24) is 19.1 Å². The summed E-state index contributed by atoms with van der Waals surface area (Å²) in [4.78, 5) is 21.9. The number of fused-ring (bicyclic) bond motifs is 3. The van der Waals surface area contributed by atoms with Gasteiger partial charge in [0.25, 0.3) is 0 Å². The molecule has 0 radical (unpaired) electrons. The van der Waals surface area contributed by atoms with Crippen molar-refractivity contribution in [3.63, 3.8) is 0 Å². The molecule has 3 heterocycles. The highest BCUT2D eigenvalue weighted by Gasteiger charge is 2.16. The van der Waals surface area contributed by atoms with Gasteiger partial charge >= 0.3 is 5.69 Å². The second kappa shape index (κ2) is 6.42. The largest absolute Gasteiger partial charge is 0.333 e. The Labute approximate surface area is 169 Å². The van der Waals surface area contributed by atoms with E-state index in [4.69, 9.17) is 0 Å². The highest BCUT2D eigenvalue weighted by atomic mass is 79.9. The maximum Gasteiger partial charge on any atom is 0.333 e. The van der Waals surface area contributed by atoms with Gasteiger partial charge in [-0.1, -0.05) is 30.3 Å². The van der Waals surface area contributed by atoms with Crippen molar-refractivity contribution in [2.45, 2.75) is 0 Å². The lowest BCUT2D eigenvalue weighted by molar-refractivity contribution is 0.846. The topological polar surface area (TPSA) is 52.7 Å². The molecule has 2 aromatic carbocycles. The molecule has 6 heteroatoms. The summed E-state index contributed by atoms with van der Waals surface area (Å²) in [5.74, 6) is 0. The third-order valence-corrected chi connectivity index (χ3v) is 5.43. The fourth-order valence-electron chi connectivity index (χ4n) is 3.54. The van der Waals surface area contributed by atoms with Crippen LogP contribution in [0.5, 0.6) is 0 Å². The van der Waals surface area contributed by atoms with Crippen LogP contribution < -0.4 is 5.69 Å². The van der Waals surface area contributed by atoms with Crippen molar-refractivity contribution in [2.24, 2.45) is 7.05 Å². The smallest absolute Gasteiger partial charge is 0.293 e. The van der Waals surface area contributed by atoms with Gasteiger partial charge < -0.3 is 0 Å². The van der Waals surface area contributed by atoms with Gasteiger partial charge in [0.2, 0.25) is 0 Å². The fourth-order valence-corrected chi connectivity index (χ4v) is 3.77. The number of hydrogen-bond acceptors (Lipinski definition) is 3. The van der Waals surface area contributed by atoms with Crippen LogP contribution in [0.4, 0.5) is 0 Å². The molecule has 0 fully saturated rings. The van der Waals surface area contributed by atoms with Gasteiger partial charge in [-0.25, -0.2) is 9.78 Å². The summed E-state index contributed by atoms with van der Waals surface area (Å²) >= 11 is 3.37. The molecule has 136 valence electrons. The minimum atomic E-state index is -0.0915. The molecule has 0 saturated carbocycles. The van der Waals surface area contributed by atoms with E-state index in [1.807, 2.05) is 60.8 Å². The Hall–Kier alpha value is -3.25. The molecule has 28 heavy (non-hydrogen) atoms. The number of para-hydroxylation sites is 1. The molecule has 5 aromatic rings. The molecule has 0 aliphatic rings. The number of aromatic nitrogens is 4. The minimum absolute atomic E-state index is 0.0915. The number of rotatable bonds is 2. The Morgan fingerprint density at radius 2 is 1.68 bits per heavy atom. The Kier molecular flexibility index (Phi) is 3.87.